The Kier molecular flexibility index (Phi) is 4.25. The predicted molar refractivity (Wildman–Crippen MR) is 79.1 cm³/mol. The number of halogens is 3. The predicted octanol–water partition coefficient (Wildman–Crippen LogP) is 4.40. The molecule has 23 heavy (non-hydrogen) atoms. The minimum absolute atomic E-state index is 0.00103. The summed E-state index contributed by atoms with van der Waals surface area (Å²) in [7, 11) is 0. The van der Waals surface area contributed by atoms with Crippen molar-refractivity contribution in [2.24, 2.45) is 0 Å². The van der Waals surface area contributed by atoms with E-state index in [1.165, 1.54) is 0 Å². The number of hydrogen-bond acceptors (Lipinski definition) is 4. The first-order valence-corrected chi connectivity index (χ1v) is 7.00. The first kappa shape index (κ1) is 15.4. The van der Waals surface area contributed by atoms with Crippen LogP contribution in [0.3, 0.4) is 0 Å². The molecule has 2 aromatic carbocycles. The van der Waals surface area contributed by atoms with Crippen molar-refractivity contribution in [3.8, 4) is 17.1 Å². The van der Waals surface area contributed by atoms with Crippen molar-refractivity contribution >= 4 is 11.6 Å². The van der Waals surface area contributed by atoms with E-state index in [-0.39, 0.29) is 5.82 Å². The van der Waals surface area contributed by atoms with Gasteiger partial charge in [-0.1, -0.05) is 41.6 Å². The third-order valence-electron chi connectivity index (χ3n) is 2.94. The summed E-state index contributed by atoms with van der Waals surface area (Å²) in [6, 6.07) is 17.3. The molecule has 0 bridgehead atoms. The number of rotatable bonds is 5. The van der Waals surface area contributed by atoms with Gasteiger partial charge in [-0.25, -0.2) is 0 Å². The van der Waals surface area contributed by atoms with E-state index in [0.29, 0.717) is 17.9 Å². The Morgan fingerprint density at radius 3 is 2.70 bits per heavy atom. The maximum Gasteiger partial charge on any atom is 0.400 e. The zero-order valence-corrected chi connectivity index (χ0v) is 12.4. The van der Waals surface area contributed by atoms with Crippen LogP contribution in [0.25, 0.3) is 11.4 Å². The van der Waals surface area contributed by atoms with Crippen LogP contribution in [0.5, 0.6) is 5.75 Å². The van der Waals surface area contributed by atoms with Gasteiger partial charge in [-0.2, -0.15) is 13.8 Å². The molecule has 1 radical (unpaired) electrons. The lowest BCUT2D eigenvalue weighted by molar-refractivity contribution is 0.0551. The van der Waals surface area contributed by atoms with Crippen LogP contribution in [0.1, 0.15) is 11.5 Å². The van der Waals surface area contributed by atoms with Gasteiger partial charge in [0.1, 0.15) is 12.4 Å². The molecule has 0 fully saturated rings. The van der Waals surface area contributed by atoms with Crippen LogP contribution < -0.4 is 4.74 Å². The minimum atomic E-state index is -3.70. The number of nitrogens with zero attached hydrogens (tertiary/aromatic N) is 2. The van der Waals surface area contributed by atoms with Gasteiger partial charge < -0.3 is 9.26 Å². The van der Waals surface area contributed by atoms with Gasteiger partial charge in [-0.05, 0) is 29.3 Å². The fourth-order valence-electron chi connectivity index (χ4n) is 1.86. The van der Waals surface area contributed by atoms with E-state index in [1.807, 2.05) is 30.3 Å². The summed E-state index contributed by atoms with van der Waals surface area (Å²) < 4.78 is 35.9. The van der Waals surface area contributed by atoms with E-state index in [2.05, 4.69) is 20.7 Å². The van der Waals surface area contributed by atoms with Gasteiger partial charge >= 0.3 is 11.3 Å². The van der Waals surface area contributed by atoms with Crippen LogP contribution in [-0.2, 0) is 12.0 Å². The summed E-state index contributed by atoms with van der Waals surface area (Å²) in [6.07, 6.45) is 0. The van der Waals surface area contributed by atoms with Crippen molar-refractivity contribution in [1.29, 1.82) is 0 Å². The Bertz CT molecular complexity index is 788. The van der Waals surface area contributed by atoms with Crippen molar-refractivity contribution < 1.29 is 18.0 Å². The largest absolute Gasteiger partial charge is 0.488 e. The van der Waals surface area contributed by atoms with Gasteiger partial charge in [0.25, 0.3) is 0 Å². The molecule has 1 aromatic heterocycles. The van der Waals surface area contributed by atoms with E-state index in [0.717, 1.165) is 5.56 Å². The molecular formula is C16H10ClF2N2O2. The molecule has 0 saturated heterocycles. The lowest BCUT2D eigenvalue weighted by Crippen LogP contribution is -2.03. The zero-order valence-electron chi connectivity index (χ0n) is 11.7. The second-order valence-electron chi connectivity index (χ2n) is 4.64. The molecular weight excluding hydrogens is 326 g/mol. The van der Waals surface area contributed by atoms with Crippen LogP contribution in [0.4, 0.5) is 8.78 Å². The second-order valence-corrected chi connectivity index (χ2v) is 5.11. The van der Waals surface area contributed by atoms with Crippen LogP contribution in [0.2, 0.25) is 0 Å². The number of ether oxygens (including phenoxy) is 1. The van der Waals surface area contributed by atoms with Crippen LogP contribution >= 0.6 is 11.6 Å². The van der Waals surface area contributed by atoms with Crippen LogP contribution in [0, 0.1) is 6.07 Å². The Morgan fingerprint density at radius 2 is 2.00 bits per heavy atom. The van der Waals surface area contributed by atoms with Crippen LogP contribution in [-0.4, -0.2) is 10.1 Å². The van der Waals surface area contributed by atoms with Gasteiger partial charge in [-0.3, -0.25) is 0 Å². The van der Waals surface area contributed by atoms with Crippen molar-refractivity contribution in [1.82, 2.24) is 10.1 Å². The summed E-state index contributed by atoms with van der Waals surface area (Å²) in [6.45, 7) is 0.359. The average Bonchev–Trinajstić information content (AvgIpc) is 3.05. The van der Waals surface area contributed by atoms with E-state index in [1.54, 1.807) is 18.2 Å². The number of hydrogen-bond donors (Lipinski definition) is 0. The molecule has 0 unspecified atom stereocenters. The highest BCUT2D eigenvalue weighted by Gasteiger charge is 2.35. The van der Waals surface area contributed by atoms with Crippen molar-refractivity contribution in [2.45, 2.75) is 12.0 Å². The molecule has 0 N–H and O–H groups in total. The minimum Gasteiger partial charge on any atom is -0.488 e. The summed E-state index contributed by atoms with van der Waals surface area (Å²) in [5.74, 6) is -0.511. The number of aromatic nitrogens is 2. The number of benzene rings is 2. The maximum absolute atomic E-state index is 12.9. The molecule has 0 atom stereocenters. The Balaban J connectivity index is 1.76. The second kappa shape index (κ2) is 6.34. The van der Waals surface area contributed by atoms with E-state index in [4.69, 9.17) is 16.3 Å². The Labute approximate surface area is 135 Å². The Morgan fingerprint density at radius 1 is 1.22 bits per heavy atom. The van der Waals surface area contributed by atoms with Crippen molar-refractivity contribution in [2.75, 3.05) is 0 Å². The van der Waals surface area contributed by atoms with Gasteiger partial charge in [0, 0.05) is 11.6 Å². The van der Waals surface area contributed by atoms with E-state index < -0.39 is 11.3 Å². The van der Waals surface area contributed by atoms with Crippen molar-refractivity contribution in [3.05, 3.63) is 66.1 Å². The average molecular weight is 336 g/mol. The van der Waals surface area contributed by atoms with Gasteiger partial charge in [0.05, 0.1) is 0 Å². The SMILES string of the molecule is FC(F)(Cl)c1nc(-c2cc[c]c(OCc3ccccc3)c2)no1. The molecule has 0 aliphatic carbocycles. The van der Waals surface area contributed by atoms with Crippen molar-refractivity contribution in [3.63, 3.8) is 0 Å². The highest BCUT2D eigenvalue weighted by Crippen LogP contribution is 2.32. The maximum atomic E-state index is 12.9. The molecule has 4 nitrogen and oxygen atoms in total. The monoisotopic (exact) mass is 335 g/mol. The van der Waals surface area contributed by atoms with E-state index >= 15 is 0 Å². The highest BCUT2D eigenvalue weighted by atomic mass is 35.5. The standard InChI is InChI=1S/C16H10ClF2N2O2/c17-16(18,19)15-20-14(21-23-15)12-7-4-8-13(9-12)22-10-11-5-2-1-3-6-11/h1-7,9H,10H2. The third-order valence-corrected chi connectivity index (χ3v) is 3.10. The molecule has 3 rings (SSSR count). The van der Waals surface area contributed by atoms with Gasteiger partial charge in [-0.15, -0.1) is 0 Å². The fourth-order valence-corrected chi connectivity index (χ4v) is 1.93. The molecule has 0 aliphatic rings. The van der Waals surface area contributed by atoms with Gasteiger partial charge in [0.15, 0.2) is 0 Å². The summed E-state index contributed by atoms with van der Waals surface area (Å²) >= 11 is 4.85. The molecule has 0 aliphatic heterocycles. The Hall–Kier alpha value is -2.47. The third kappa shape index (κ3) is 3.84. The number of alkyl halides is 3. The topological polar surface area (TPSA) is 48.2 Å². The summed E-state index contributed by atoms with van der Waals surface area (Å²) in [5, 5.41) is -0.203. The summed E-state index contributed by atoms with van der Waals surface area (Å²) in [5.41, 5.74) is 1.46. The van der Waals surface area contributed by atoms with E-state index in [9.17, 15) is 8.78 Å². The molecule has 1 heterocycles. The molecule has 3 aromatic rings. The first-order chi connectivity index (χ1) is 11.0. The zero-order chi connectivity index (χ0) is 16.3. The molecule has 7 heteroatoms. The fraction of sp³-hybridized carbons (Fsp3) is 0.125. The summed E-state index contributed by atoms with van der Waals surface area (Å²) in [4.78, 5) is 3.58. The molecule has 0 saturated carbocycles. The highest BCUT2D eigenvalue weighted by molar-refractivity contribution is 6.21. The smallest absolute Gasteiger partial charge is 0.400 e. The van der Waals surface area contributed by atoms with Gasteiger partial charge in [0.2, 0.25) is 5.82 Å². The quantitative estimate of drug-likeness (QED) is 0.648. The lowest BCUT2D eigenvalue weighted by atomic mass is 10.2. The van der Waals surface area contributed by atoms with Crippen LogP contribution in [0.15, 0.2) is 53.1 Å². The molecule has 117 valence electrons. The lowest BCUT2D eigenvalue weighted by Gasteiger charge is -2.06. The first-order valence-electron chi connectivity index (χ1n) is 6.62. The normalized spacial score (nSPS) is 11.4. The molecule has 0 spiro atoms. The molecule has 0 amide bonds.